The molecule has 0 bridgehead atoms. The molecular formula is C21H19FN2O3S. The van der Waals surface area contributed by atoms with Crippen molar-refractivity contribution in [3.8, 4) is 22.3 Å². The zero-order chi connectivity index (χ0) is 19.9. The highest BCUT2D eigenvalue weighted by Gasteiger charge is 2.24. The van der Waals surface area contributed by atoms with E-state index < -0.39 is 15.7 Å². The molecule has 1 aliphatic carbocycles. The maximum absolute atomic E-state index is 13.4. The molecule has 0 radical (unpaired) electrons. The first kappa shape index (κ1) is 18.6. The predicted octanol–water partition coefficient (Wildman–Crippen LogP) is 3.53. The van der Waals surface area contributed by atoms with Gasteiger partial charge in [0.1, 0.15) is 5.82 Å². The fourth-order valence-electron chi connectivity index (χ4n) is 3.17. The fourth-order valence-corrected chi connectivity index (χ4v) is 3.84. The highest BCUT2D eigenvalue weighted by Crippen LogP contribution is 2.32. The minimum absolute atomic E-state index is 0.164. The van der Waals surface area contributed by atoms with Gasteiger partial charge < -0.3 is 0 Å². The molecule has 1 fully saturated rings. The third-order valence-corrected chi connectivity index (χ3v) is 5.99. The van der Waals surface area contributed by atoms with Gasteiger partial charge in [0.25, 0.3) is 5.56 Å². The average molecular weight is 398 g/mol. The third-order valence-electron chi connectivity index (χ3n) is 4.88. The summed E-state index contributed by atoms with van der Waals surface area (Å²) in [6, 6.07) is 12.1. The maximum Gasteiger partial charge on any atom is 0.275 e. The smallest absolute Gasteiger partial charge is 0.267 e. The van der Waals surface area contributed by atoms with Crippen LogP contribution < -0.4 is 5.56 Å². The Morgan fingerprint density at radius 1 is 1.11 bits per heavy atom. The summed E-state index contributed by atoms with van der Waals surface area (Å²) in [6.45, 7) is 0.552. The van der Waals surface area contributed by atoms with Gasteiger partial charge in [-0.25, -0.2) is 17.5 Å². The van der Waals surface area contributed by atoms with Crippen molar-refractivity contribution in [1.82, 2.24) is 9.78 Å². The van der Waals surface area contributed by atoms with Gasteiger partial charge in [-0.3, -0.25) is 4.79 Å². The van der Waals surface area contributed by atoms with Crippen molar-refractivity contribution in [3.05, 3.63) is 70.9 Å². The summed E-state index contributed by atoms with van der Waals surface area (Å²) in [5.74, 6) is 0.0717. The molecule has 4 rings (SSSR count). The van der Waals surface area contributed by atoms with Crippen molar-refractivity contribution in [2.45, 2.75) is 24.3 Å². The summed E-state index contributed by atoms with van der Waals surface area (Å²) in [5, 5.41) is 4.31. The predicted molar refractivity (Wildman–Crippen MR) is 105 cm³/mol. The van der Waals surface area contributed by atoms with Gasteiger partial charge >= 0.3 is 0 Å². The van der Waals surface area contributed by atoms with E-state index in [9.17, 15) is 17.6 Å². The highest BCUT2D eigenvalue weighted by atomic mass is 32.2. The molecule has 1 saturated carbocycles. The number of benzene rings is 2. The Hall–Kier alpha value is -2.80. The lowest BCUT2D eigenvalue weighted by molar-refractivity contribution is 0.535. The minimum Gasteiger partial charge on any atom is -0.267 e. The largest absolute Gasteiger partial charge is 0.275 e. The van der Waals surface area contributed by atoms with E-state index in [0.29, 0.717) is 34.7 Å². The molecule has 0 aliphatic heterocycles. The summed E-state index contributed by atoms with van der Waals surface area (Å²) in [6.07, 6.45) is 4.89. The molecule has 1 aromatic heterocycles. The molecule has 7 heteroatoms. The number of rotatable bonds is 5. The van der Waals surface area contributed by atoms with E-state index in [0.717, 1.165) is 19.1 Å². The van der Waals surface area contributed by atoms with Crippen molar-refractivity contribution >= 4 is 9.84 Å². The van der Waals surface area contributed by atoms with Crippen LogP contribution in [0.15, 0.2) is 64.4 Å². The van der Waals surface area contributed by atoms with Crippen molar-refractivity contribution < 1.29 is 12.8 Å². The Morgan fingerprint density at radius 3 is 2.46 bits per heavy atom. The maximum atomic E-state index is 13.4. The Balaban J connectivity index is 1.93. The van der Waals surface area contributed by atoms with Crippen LogP contribution in [0.2, 0.25) is 0 Å². The van der Waals surface area contributed by atoms with Crippen molar-refractivity contribution in [3.63, 3.8) is 0 Å². The number of hydrogen-bond donors (Lipinski definition) is 0. The topological polar surface area (TPSA) is 69.0 Å². The lowest BCUT2D eigenvalue weighted by Gasteiger charge is -2.13. The van der Waals surface area contributed by atoms with Gasteiger partial charge in [0, 0.05) is 18.4 Å². The molecule has 3 aromatic rings. The summed E-state index contributed by atoms with van der Waals surface area (Å²) >= 11 is 0. The van der Waals surface area contributed by atoms with Crippen LogP contribution in [0.25, 0.3) is 22.3 Å². The Morgan fingerprint density at radius 2 is 1.82 bits per heavy atom. The monoisotopic (exact) mass is 398 g/mol. The second kappa shape index (κ2) is 6.98. The molecule has 0 N–H and O–H groups in total. The van der Waals surface area contributed by atoms with Crippen molar-refractivity contribution in [2.24, 2.45) is 5.92 Å². The molecule has 5 nitrogen and oxygen atoms in total. The van der Waals surface area contributed by atoms with Crippen molar-refractivity contribution in [2.75, 3.05) is 6.26 Å². The molecule has 0 amide bonds. The van der Waals surface area contributed by atoms with Crippen molar-refractivity contribution in [1.29, 1.82) is 0 Å². The molecule has 1 heterocycles. The van der Waals surface area contributed by atoms with Crippen LogP contribution in [-0.2, 0) is 16.4 Å². The van der Waals surface area contributed by atoms with Crippen LogP contribution in [0.3, 0.4) is 0 Å². The molecule has 0 saturated heterocycles. The first-order chi connectivity index (χ1) is 13.3. The highest BCUT2D eigenvalue weighted by molar-refractivity contribution is 7.90. The number of halogens is 1. The number of sulfone groups is 1. The first-order valence-corrected chi connectivity index (χ1v) is 10.9. The van der Waals surface area contributed by atoms with Crippen LogP contribution in [0.4, 0.5) is 4.39 Å². The number of nitrogens with zero attached hydrogens (tertiary/aromatic N) is 2. The summed E-state index contributed by atoms with van der Waals surface area (Å²) in [7, 11) is -3.40. The molecule has 28 heavy (non-hydrogen) atoms. The zero-order valence-electron chi connectivity index (χ0n) is 15.3. The standard InChI is InChI=1S/C21H19FN2O3S/c1-28(26,27)18-4-2-3-16(11-18)19-12-23-24(13-14-5-6-14)21(25)20(19)15-7-9-17(22)10-8-15/h2-4,7-12,14H,5-6,13H2,1H3. The first-order valence-electron chi connectivity index (χ1n) is 8.99. The second-order valence-electron chi connectivity index (χ2n) is 7.17. The van der Waals surface area contributed by atoms with Crippen LogP contribution in [0.5, 0.6) is 0 Å². The number of aromatic nitrogens is 2. The van der Waals surface area contributed by atoms with Crippen LogP contribution >= 0.6 is 0 Å². The van der Waals surface area contributed by atoms with Crippen LogP contribution in [-0.4, -0.2) is 24.5 Å². The van der Waals surface area contributed by atoms with Gasteiger partial charge in [0.2, 0.25) is 0 Å². The Labute approximate surface area is 162 Å². The van der Waals surface area contributed by atoms with Gasteiger partial charge in [0.15, 0.2) is 9.84 Å². The lowest BCUT2D eigenvalue weighted by Crippen LogP contribution is -2.25. The van der Waals surface area contributed by atoms with Crippen LogP contribution in [0.1, 0.15) is 12.8 Å². The third kappa shape index (κ3) is 3.75. The normalized spacial score (nSPS) is 14.2. The number of hydrogen-bond acceptors (Lipinski definition) is 4. The Bertz CT molecular complexity index is 1200. The van der Waals surface area contributed by atoms with E-state index in [1.54, 1.807) is 30.5 Å². The average Bonchev–Trinajstić information content (AvgIpc) is 3.48. The fraction of sp³-hybridized carbons (Fsp3) is 0.238. The molecule has 144 valence electrons. The van der Waals surface area contributed by atoms with E-state index in [1.165, 1.54) is 28.9 Å². The molecule has 1 aliphatic rings. The van der Waals surface area contributed by atoms with E-state index in [1.807, 2.05) is 0 Å². The van der Waals surface area contributed by atoms with Gasteiger partial charge in [-0.1, -0.05) is 24.3 Å². The van der Waals surface area contributed by atoms with E-state index >= 15 is 0 Å². The minimum atomic E-state index is -3.40. The quantitative estimate of drug-likeness (QED) is 0.659. The van der Waals surface area contributed by atoms with Gasteiger partial charge in [0.05, 0.1) is 16.7 Å². The van der Waals surface area contributed by atoms with E-state index in [2.05, 4.69) is 5.10 Å². The lowest BCUT2D eigenvalue weighted by atomic mass is 9.97. The summed E-state index contributed by atoms with van der Waals surface area (Å²) in [5.41, 5.74) is 1.79. The molecule has 0 unspecified atom stereocenters. The molecule has 0 atom stereocenters. The van der Waals surface area contributed by atoms with E-state index in [4.69, 9.17) is 0 Å². The SMILES string of the molecule is CS(=O)(=O)c1cccc(-c2cnn(CC3CC3)c(=O)c2-c2ccc(F)cc2)c1. The summed E-state index contributed by atoms with van der Waals surface area (Å²) in [4.78, 5) is 13.3. The Kier molecular flexibility index (Phi) is 4.63. The second-order valence-corrected chi connectivity index (χ2v) is 9.19. The van der Waals surface area contributed by atoms with Gasteiger partial charge in [-0.05, 0) is 54.2 Å². The zero-order valence-corrected chi connectivity index (χ0v) is 16.1. The molecule has 2 aromatic carbocycles. The summed E-state index contributed by atoms with van der Waals surface area (Å²) < 4.78 is 38.7. The van der Waals surface area contributed by atoms with Gasteiger partial charge in [-0.15, -0.1) is 0 Å². The molecular weight excluding hydrogens is 379 g/mol. The van der Waals surface area contributed by atoms with Gasteiger partial charge in [-0.2, -0.15) is 5.10 Å². The van der Waals surface area contributed by atoms with E-state index in [-0.39, 0.29) is 10.5 Å². The van der Waals surface area contributed by atoms with Crippen LogP contribution in [0, 0.1) is 11.7 Å². The molecule has 0 spiro atoms.